The molecule has 1 N–H and O–H groups in total. The number of benzene rings is 1. The Hall–Kier alpha value is -1.69. The zero-order valence-electron chi connectivity index (χ0n) is 13.4. The lowest BCUT2D eigenvalue weighted by Gasteiger charge is -2.31. The minimum atomic E-state index is -0.585. The fourth-order valence-electron chi connectivity index (χ4n) is 3.51. The van der Waals surface area contributed by atoms with Gasteiger partial charge in [-0.1, -0.05) is 13.0 Å². The van der Waals surface area contributed by atoms with E-state index >= 15 is 0 Å². The molecule has 6 heteroatoms. The third-order valence-corrected chi connectivity index (χ3v) is 4.97. The number of nitrogens with one attached hydrogen (secondary N) is 1. The van der Waals surface area contributed by atoms with E-state index in [1.807, 2.05) is 11.8 Å². The summed E-state index contributed by atoms with van der Waals surface area (Å²) in [7, 11) is 0. The number of urea groups is 1. The van der Waals surface area contributed by atoms with E-state index in [4.69, 9.17) is 0 Å². The van der Waals surface area contributed by atoms with E-state index in [-0.39, 0.29) is 11.9 Å². The zero-order valence-corrected chi connectivity index (χ0v) is 13.4. The number of nitrogens with zero attached hydrogens (tertiary/aromatic N) is 2. The van der Waals surface area contributed by atoms with Crippen LogP contribution in [0.1, 0.15) is 31.2 Å². The molecule has 1 aromatic rings. The minimum absolute atomic E-state index is 0.0758. The molecule has 0 aromatic heterocycles. The van der Waals surface area contributed by atoms with Gasteiger partial charge in [-0.2, -0.15) is 0 Å². The van der Waals surface area contributed by atoms with Gasteiger partial charge in [0, 0.05) is 50.7 Å². The number of carbonyl (C=O) groups excluding carboxylic acids is 1. The molecule has 3 saturated heterocycles. The topological polar surface area (TPSA) is 35.6 Å². The van der Waals surface area contributed by atoms with Crippen molar-refractivity contribution < 1.29 is 13.6 Å². The van der Waals surface area contributed by atoms with Crippen LogP contribution < -0.4 is 5.32 Å². The van der Waals surface area contributed by atoms with Crippen molar-refractivity contribution >= 4 is 6.03 Å². The van der Waals surface area contributed by atoms with E-state index < -0.39 is 11.6 Å². The highest BCUT2D eigenvalue weighted by Crippen LogP contribution is 2.22. The van der Waals surface area contributed by atoms with E-state index in [0.29, 0.717) is 18.2 Å². The predicted molar refractivity (Wildman–Crippen MR) is 84.3 cm³/mol. The van der Waals surface area contributed by atoms with Crippen LogP contribution in [-0.2, 0) is 0 Å². The average Bonchev–Trinajstić information content (AvgIpc) is 2.86. The first-order valence-electron chi connectivity index (χ1n) is 8.26. The first-order valence-corrected chi connectivity index (χ1v) is 8.26. The fourth-order valence-corrected chi connectivity index (χ4v) is 3.51. The van der Waals surface area contributed by atoms with Gasteiger partial charge in [-0.05, 0) is 24.5 Å². The van der Waals surface area contributed by atoms with E-state index in [2.05, 4.69) is 10.2 Å². The summed E-state index contributed by atoms with van der Waals surface area (Å²) < 4.78 is 26.8. The van der Waals surface area contributed by atoms with E-state index in [1.54, 1.807) is 0 Å². The number of piperidine rings is 1. The average molecular weight is 323 g/mol. The van der Waals surface area contributed by atoms with E-state index in [9.17, 15) is 13.6 Å². The summed E-state index contributed by atoms with van der Waals surface area (Å²) >= 11 is 0. The third kappa shape index (κ3) is 3.63. The summed E-state index contributed by atoms with van der Waals surface area (Å²) in [6, 6.07) is 3.82. The maximum absolute atomic E-state index is 13.8. The van der Waals surface area contributed by atoms with Gasteiger partial charge in [0.2, 0.25) is 0 Å². The number of amides is 2. The summed E-state index contributed by atoms with van der Waals surface area (Å²) in [6.07, 6.45) is 2.05. The lowest BCUT2D eigenvalue weighted by molar-refractivity contribution is 0.170. The number of carbonyl (C=O) groups is 1. The first kappa shape index (κ1) is 16.2. The SMILES string of the molecule is C[C@@H](CNC(=O)N1CCN2CCC1CC2)c1ccc(F)cc1F. The second-order valence-electron chi connectivity index (χ2n) is 6.52. The molecule has 0 spiro atoms. The highest BCUT2D eigenvalue weighted by molar-refractivity contribution is 5.74. The second kappa shape index (κ2) is 6.83. The van der Waals surface area contributed by atoms with Crippen molar-refractivity contribution in [1.29, 1.82) is 0 Å². The maximum Gasteiger partial charge on any atom is 0.317 e. The summed E-state index contributed by atoms with van der Waals surface area (Å²) in [6.45, 7) is 5.96. The molecule has 1 atom stereocenters. The van der Waals surface area contributed by atoms with Crippen molar-refractivity contribution in [2.75, 3.05) is 32.7 Å². The highest BCUT2D eigenvalue weighted by Gasteiger charge is 2.31. The molecular weight excluding hydrogens is 300 g/mol. The zero-order chi connectivity index (χ0) is 16.4. The summed E-state index contributed by atoms with van der Waals surface area (Å²) in [5.41, 5.74) is 0.426. The van der Waals surface area contributed by atoms with Gasteiger partial charge in [-0.15, -0.1) is 0 Å². The number of hydrogen-bond donors (Lipinski definition) is 1. The molecule has 0 aliphatic carbocycles. The summed E-state index contributed by atoms with van der Waals surface area (Å²) in [4.78, 5) is 16.8. The van der Waals surface area contributed by atoms with Gasteiger partial charge in [0.1, 0.15) is 11.6 Å². The lowest BCUT2D eigenvalue weighted by atomic mass is 10.0. The van der Waals surface area contributed by atoms with Crippen molar-refractivity contribution in [3.05, 3.63) is 35.4 Å². The highest BCUT2D eigenvalue weighted by atomic mass is 19.1. The van der Waals surface area contributed by atoms with Crippen LogP contribution in [0.2, 0.25) is 0 Å². The Kier molecular flexibility index (Phi) is 4.80. The molecule has 2 bridgehead atoms. The van der Waals surface area contributed by atoms with Gasteiger partial charge >= 0.3 is 6.03 Å². The molecule has 1 aromatic carbocycles. The Morgan fingerprint density at radius 1 is 1.26 bits per heavy atom. The van der Waals surface area contributed by atoms with Gasteiger partial charge in [-0.25, -0.2) is 13.6 Å². The monoisotopic (exact) mass is 323 g/mol. The minimum Gasteiger partial charge on any atom is -0.337 e. The van der Waals surface area contributed by atoms with Gasteiger partial charge in [0.05, 0.1) is 0 Å². The second-order valence-corrected chi connectivity index (χ2v) is 6.52. The van der Waals surface area contributed by atoms with Crippen molar-refractivity contribution in [2.45, 2.75) is 31.7 Å². The number of rotatable bonds is 3. The van der Waals surface area contributed by atoms with E-state index in [0.717, 1.165) is 45.1 Å². The smallest absolute Gasteiger partial charge is 0.317 e. The Bertz CT molecular complexity index is 573. The fraction of sp³-hybridized carbons (Fsp3) is 0.588. The van der Waals surface area contributed by atoms with Crippen LogP contribution in [0.3, 0.4) is 0 Å². The molecule has 23 heavy (non-hydrogen) atoms. The molecule has 0 radical (unpaired) electrons. The normalized spacial score (nSPS) is 25.1. The molecular formula is C17H23F2N3O. The standard InChI is InChI=1S/C17H23F2N3O/c1-12(15-3-2-13(18)10-16(15)19)11-20-17(23)22-9-8-21-6-4-14(22)5-7-21/h2-3,10,12,14H,4-9,11H2,1H3,(H,20,23)/t12-/m0/s1. The first-order chi connectivity index (χ1) is 11.0. The van der Waals surface area contributed by atoms with Crippen LogP contribution in [0.5, 0.6) is 0 Å². The number of halogens is 2. The van der Waals surface area contributed by atoms with Crippen LogP contribution in [0.4, 0.5) is 13.6 Å². The summed E-state index contributed by atoms with van der Waals surface area (Å²) in [5.74, 6) is -1.35. The van der Waals surface area contributed by atoms with Crippen LogP contribution in [-0.4, -0.2) is 54.6 Å². The van der Waals surface area contributed by atoms with Crippen LogP contribution in [0.25, 0.3) is 0 Å². The molecule has 4 rings (SSSR count). The molecule has 3 aliphatic rings. The van der Waals surface area contributed by atoms with Gasteiger partial charge in [-0.3, -0.25) is 0 Å². The van der Waals surface area contributed by atoms with Crippen LogP contribution >= 0.6 is 0 Å². The van der Waals surface area contributed by atoms with Gasteiger partial charge in [0.15, 0.2) is 0 Å². The largest absolute Gasteiger partial charge is 0.337 e. The number of hydrogen-bond acceptors (Lipinski definition) is 2. The van der Waals surface area contributed by atoms with Crippen LogP contribution in [0, 0.1) is 11.6 Å². The number of fused-ring (bicyclic) bond motifs is 4. The predicted octanol–water partition coefficient (Wildman–Crippen LogP) is 2.56. The Balaban J connectivity index is 1.58. The molecule has 0 unspecified atom stereocenters. The Morgan fingerprint density at radius 2 is 2.00 bits per heavy atom. The van der Waals surface area contributed by atoms with Crippen molar-refractivity contribution in [3.63, 3.8) is 0 Å². The summed E-state index contributed by atoms with van der Waals surface area (Å²) in [5, 5.41) is 2.91. The molecule has 126 valence electrons. The Morgan fingerprint density at radius 3 is 2.70 bits per heavy atom. The van der Waals surface area contributed by atoms with Crippen molar-refractivity contribution in [3.8, 4) is 0 Å². The van der Waals surface area contributed by atoms with Gasteiger partial charge in [0.25, 0.3) is 0 Å². The quantitative estimate of drug-likeness (QED) is 0.928. The lowest BCUT2D eigenvalue weighted by Crippen LogP contribution is -2.47. The molecule has 3 fully saturated rings. The van der Waals surface area contributed by atoms with Crippen molar-refractivity contribution in [1.82, 2.24) is 15.1 Å². The van der Waals surface area contributed by atoms with Crippen molar-refractivity contribution in [2.24, 2.45) is 0 Å². The van der Waals surface area contributed by atoms with E-state index in [1.165, 1.54) is 12.1 Å². The Labute approximate surface area is 135 Å². The van der Waals surface area contributed by atoms with Gasteiger partial charge < -0.3 is 15.1 Å². The molecule has 0 saturated carbocycles. The van der Waals surface area contributed by atoms with Crippen LogP contribution in [0.15, 0.2) is 18.2 Å². The molecule has 3 heterocycles. The molecule has 2 amide bonds. The molecule has 4 nitrogen and oxygen atoms in total. The molecule has 3 aliphatic heterocycles. The third-order valence-electron chi connectivity index (χ3n) is 4.97. The maximum atomic E-state index is 13.8.